The summed E-state index contributed by atoms with van der Waals surface area (Å²) < 4.78 is 4.56. The summed E-state index contributed by atoms with van der Waals surface area (Å²) in [5.74, 6) is -1.90. The second-order valence-corrected chi connectivity index (χ2v) is 4.36. The van der Waals surface area contributed by atoms with Gasteiger partial charge in [-0.25, -0.2) is 4.79 Å². The van der Waals surface area contributed by atoms with E-state index in [1.54, 1.807) is 0 Å². The molecule has 0 aliphatic rings. The minimum absolute atomic E-state index is 0.194. The third-order valence-corrected chi connectivity index (χ3v) is 2.73. The zero-order chi connectivity index (χ0) is 15.3. The molecule has 20 heavy (non-hydrogen) atoms. The average molecular weight is 300 g/mol. The molecular formula is C12H14ClN3O4. The van der Waals surface area contributed by atoms with Gasteiger partial charge in [0.2, 0.25) is 11.8 Å². The van der Waals surface area contributed by atoms with Crippen LogP contribution in [0, 0.1) is 0 Å². The number of ether oxygens (including phenoxy) is 1. The lowest BCUT2D eigenvalue weighted by Gasteiger charge is -2.12. The molecule has 0 saturated carbocycles. The van der Waals surface area contributed by atoms with E-state index >= 15 is 0 Å². The highest BCUT2D eigenvalue weighted by Crippen LogP contribution is 2.23. The van der Waals surface area contributed by atoms with E-state index in [0.29, 0.717) is 0 Å². The van der Waals surface area contributed by atoms with Gasteiger partial charge in [-0.05, 0) is 18.2 Å². The number of nitrogens with one attached hydrogen (secondary N) is 1. The van der Waals surface area contributed by atoms with Crippen molar-refractivity contribution >= 4 is 35.1 Å². The number of carbonyl (C=O) groups is 3. The predicted octanol–water partition coefficient (Wildman–Crippen LogP) is 0.268. The van der Waals surface area contributed by atoms with Crippen molar-refractivity contribution in [2.75, 3.05) is 12.4 Å². The predicted molar refractivity (Wildman–Crippen MR) is 73.2 cm³/mol. The highest BCUT2D eigenvalue weighted by atomic mass is 35.5. The normalized spacial score (nSPS) is 11.6. The minimum Gasteiger partial charge on any atom is -0.465 e. The molecule has 0 aromatic heterocycles. The van der Waals surface area contributed by atoms with E-state index in [4.69, 9.17) is 23.1 Å². The van der Waals surface area contributed by atoms with E-state index in [1.165, 1.54) is 25.3 Å². The number of anilines is 1. The van der Waals surface area contributed by atoms with Crippen molar-refractivity contribution in [3.05, 3.63) is 28.8 Å². The summed E-state index contributed by atoms with van der Waals surface area (Å²) in [6.07, 6.45) is -0.292. The fraction of sp³-hybridized carbons (Fsp3) is 0.250. The Morgan fingerprint density at radius 2 is 2.05 bits per heavy atom. The number of halogens is 1. The Morgan fingerprint density at radius 1 is 1.40 bits per heavy atom. The van der Waals surface area contributed by atoms with Gasteiger partial charge in [0.1, 0.15) is 0 Å². The molecule has 7 nitrogen and oxygen atoms in total. The van der Waals surface area contributed by atoms with Crippen LogP contribution < -0.4 is 16.8 Å². The number of hydrogen-bond donors (Lipinski definition) is 3. The molecule has 0 radical (unpaired) electrons. The van der Waals surface area contributed by atoms with Crippen molar-refractivity contribution < 1.29 is 19.1 Å². The molecule has 0 saturated heterocycles. The summed E-state index contributed by atoms with van der Waals surface area (Å²) in [7, 11) is 1.23. The first-order valence-electron chi connectivity index (χ1n) is 5.57. The van der Waals surface area contributed by atoms with Gasteiger partial charge in [0.25, 0.3) is 0 Å². The number of methoxy groups -OCH3 is 1. The maximum Gasteiger partial charge on any atom is 0.337 e. The lowest BCUT2D eigenvalue weighted by molar-refractivity contribution is -0.123. The van der Waals surface area contributed by atoms with E-state index in [1.807, 2.05) is 0 Å². The van der Waals surface area contributed by atoms with Gasteiger partial charge in [-0.3, -0.25) is 9.59 Å². The Morgan fingerprint density at radius 3 is 2.60 bits per heavy atom. The van der Waals surface area contributed by atoms with E-state index in [2.05, 4.69) is 10.1 Å². The number of hydrogen-bond acceptors (Lipinski definition) is 5. The highest BCUT2D eigenvalue weighted by molar-refractivity contribution is 6.34. The van der Waals surface area contributed by atoms with Gasteiger partial charge in [-0.2, -0.15) is 0 Å². The summed E-state index contributed by atoms with van der Waals surface area (Å²) in [6, 6.07) is 3.14. The van der Waals surface area contributed by atoms with Crippen LogP contribution in [0.25, 0.3) is 0 Å². The Bertz CT molecular complexity index is 548. The highest BCUT2D eigenvalue weighted by Gasteiger charge is 2.18. The first kappa shape index (κ1) is 15.9. The molecular weight excluding hydrogens is 286 g/mol. The first-order chi connectivity index (χ1) is 9.35. The van der Waals surface area contributed by atoms with Gasteiger partial charge in [-0.1, -0.05) is 11.6 Å². The number of rotatable bonds is 5. The van der Waals surface area contributed by atoms with E-state index < -0.39 is 23.8 Å². The molecule has 1 aromatic carbocycles. The van der Waals surface area contributed by atoms with Crippen LogP contribution in [0.5, 0.6) is 0 Å². The molecule has 0 bridgehead atoms. The summed E-state index contributed by atoms with van der Waals surface area (Å²) >= 11 is 5.90. The van der Waals surface area contributed by atoms with Crippen LogP contribution >= 0.6 is 11.6 Å². The van der Waals surface area contributed by atoms with E-state index in [0.717, 1.165) is 0 Å². The van der Waals surface area contributed by atoms with Crippen molar-refractivity contribution in [3.8, 4) is 0 Å². The zero-order valence-electron chi connectivity index (χ0n) is 10.7. The summed E-state index contributed by atoms with van der Waals surface area (Å²) in [5, 5.41) is 2.64. The van der Waals surface area contributed by atoms with Gasteiger partial charge in [0.15, 0.2) is 0 Å². The summed E-state index contributed by atoms with van der Waals surface area (Å²) in [5.41, 5.74) is 10.9. The molecule has 0 spiro atoms. The van der Waals surface area contributed by atoms with Crippen LogP contribution in [-0.4, -0.2) is 30.9 Å². The molecule has 8 heteroatoms. The van der Waals surface area contributed by atoms with Crippen LogP contribution in [0.2, 0.25) is 5.02 Å². The average Bonchev–Trinajstić information content (AvgIpc) is 2.39. The van der Waals surface area contributed by atoms with Crippen LogP contribution in [0.3, 0.4) is 0 Å². The molecule has 108 valence electrons. The lowest BCUT2D eigenvalue weighted by atomic mass is 10.1. The number of primary amides is 1. The van der Waals surface area contributed by atoms with E-state index in [9.17, 15) is 14.4 Å². The molecule has 0 heterocycles. The van der Waals surface area contributed by atoms with Crippen LogP contribution in [0.4, 0.5) is 5.69 Å². The number of esters is 1. The van der Waals surface area contributed by atoms with Gasteiger partial charge in [0, 0.05) is 0 Å². The van der Waals surface area contributed by atoms with Crippen molar-refractivity contribution in [2.45, 2.75) is 12.5 Å². The molecule has 1 rings (SSSR count). The number of benzene rings is 1. The first-order valence-corrected chi connectivity index (χ1v) is 5.95. The zero-order valence-corrected chi connectivity index (χ0v) is 11.4. The van der Waals surface area contributed by atoms with Gasteiger partial charge in [0.05, 0.1) is 35.8 Å². The molecule has 5 N–H and O–H groups in total. The third kappa shape index (κ3) is 4.22. The number of carbonyl (C=O) groups excluding carboxylic acids is 3. The minimum atomic E-state index is -1.09. The SMILES string of the molecule is COC(=O)c1ccc(Cl)c(NC(=O)C(N)CC(N)=O)c1. The Balaban J connectivity index is 2.88. The van der Waals surface area contributed by atoms with Gasteiger partial charge >= 0.3 is 5.97 Å². The Kier molecular flexibility index (Phi) is 5.48. The molecule has 2 amide bonds. The van der Waals surface area contributed by atoms with Crippen molar-refractivity contribution in [1.82, 2.24) is 0 Å². The van der Waals surface area contributed by atoms with Crippen molar-refractivity contribution in [2.24, 2.45) is 11.5 Å². The summed E-state index contributed by atoms with van der Waals surface area (Å²) in [6.45, 7) is 0. The standard InChI is InChI=1S/C12H14ClN3O4/c1-20-12(19)6-2-3-7(13)9(4-6)16-11(18)8(14)5-10(15)17/h2-4,8H,5,14H2,1H3,(H2,15,17)(H,16,18). The molecule has 1 aromatic rings. The van der Waals surface area contributed by atoms with Gasteiger partial charge < -0.3 is 21.5 Å². The fourth-order valence-corrected chi connectivity index (χ4v) is 1.57. The monoisotopic (exact) mass is 299 g/mol. The van der Waals surface area contributed by atoms with Crippen molar-refractivity contribution in [1.29, 1.82) is 0 Å². The molecule has 0 fully saturated rings. The fourth-order valence-electron chi connectivity index (χ4n) is 1.40. The van der Waals surface area contributed by atoms with Crippen molar-refractivity contribution in [3.63, 3.8) is 0 Å². The summed E-state index contributed by atoms with van der Waals surface area (Å²) in [4.78, 5) is 33.8. The lowest BCUT2D eigenvalue weighted by Crippen LogP contribution is -2.39. The van der Waals surface area contributed by atoms with Gasteiger partial charge in [-0.15, -0.1) is 0 Å². The van der Waals surface area contributed by atoms with Crippen LogP contribution in [0.1, 0.15) is 16.8 Å². The topological polar surface area (TPSA) is 125 Å². The van der Waals surface area contributed by atoms with Crippen LogP contribution in [-0.2, 0) is 14.3 Å². The molecule has 1 atom stereocenters. The van der Waals surface area contributed by atoms with E-state index in [-0.39, 0.29) is 22.7 Å². The second-order valence-electron chi connectivity index (χ2n) is 3.95. The maximum absolute atomic E-state index is 11.7. The third-order valence-electron chi connectivity index (χ3n) is 2.40. The second kappa shape index (κ2) is 6.88. The smallest absolute Gasteiger partial charge is 0.337 e. The molecule has 0 aliphatic carbocycles. The quantitative estimate of drug-likeness (QED) is 0.673. The molecule has 1 unspecified atom stereocenters. The maximum atomic E-state index is 11.7. The Labute approximate surface area is 120 Å². The Hall–Kier alpha value is -2.12. The molecule has 0 aliphatic heterocycles. The largest absolute Gasteiger partial charge is 0.465 e. The number of amides is 2. The van der Waals surface area contributed by atoms with Crippen LogP contribution in [0.15, 0.2) is 18.2 Å². The number of nitrogens with two attached hydrogens (primary N) is 2.